The largest absolute Gasteiger partial charge is 0.496 e. The van der Waals surface area contributed by atoms with E-state index in [9.17, 15) is 10.1 Å². The van der Waals surface area contributed by atoms with Crippen molar-refractivity contribution in [1.82, 2.24) is 5.16 Å². The van der Waals surface area contributed by atoms with Gasteiger partial charge in [-0.25, -0.2) is 0 Å². The minimum absolute atomic E-state index is 0.470. The highest BCUT2D eigenvalue weighted by Gasteiger charge is 2.40. The highest BCUT2D eigenvalue weighted by Crippen LogP contribution is 2.25. The molecule has 5 nitrogen and oxygen atoms in total. The molecule has 0 atom stereocenters. The van der Waals surface area contributed by atoms with Gasteiger partial charge in [0.25, 0.3) is 0 Å². The fourth-order valence-corrected chi connectivity index (χ4v) is 1.02. The summed E-state index contributed by atoms with van der Waals surface area (Å²) in [7, 11) is -1.16. The summed E-state index contributed by atoms with van der Waals surface area (Å²) in [6.45, 7) is 8.38. The lowest BCUT2D eigenvalue weighted by Gasteiger charge is -2.38. The van der Waals surface area contributed by atoms with E-state index in [2.05, 4.69) is 5.16 Å². The van der Waals surface area contributed by atoms with E-state index in [1.165, 1.54) is 6.26 Å². The molecule has 0 unspecified atom stereocenters. The number of aliphatic hydroxyl groups is 1. The van der Waals surface area contributed by atoms with Crippen molar-refractivity contribution in [2.75, 3.05) is 0 Å². The van der Waals surface area contributed by atoms with Crippen LogP contribution in [0.5, 0.6) is 0 Å². The van der Waals surface area contributed by atoms with Crippen molar-refractivity contribution in [3.05, 3.63) is 12.0 Å². The third-order valence-corrected chi connectivity index (χ3v) is 2.93. The Balaban J connectivity index is 2.80. The second-order valence-electron chi connectivity index (χ2n) is 4.89. The number of aryl methyl sites for hydroxylation is 1. The zero-order valence-electron chi connectivity index (χ0n) is 10.3. The Hall–Kier alpha value is -0.845. The van der Waals surface area contributed by atoms with Crippen LogP contribution in [0.15, 0.2) is 10.8 Å². The van der Waals surface area contributed by atoms with Gasteiger partial charge in [0.1, 0.15) is 6.26 Å². The van der Waals surface area contributed by atoms with Crippen molar-refractivity contribution in [3.63, 3.8) is 0 Å². The fourth-order valence-electron chi connectivity index (χ4n) is 1.02. The molecular formula is C10H18BNO4. The van der Waals surface area contributed by atoms with Crippen LogP contribution >= 0.6 is 0 Å². The highest BCUT2D eigenvalue weighted by atomic mass is 16.6. The van der Waals surface area contributed by atoms with E-state index >= 15 is 0 Å². The summed E-state index contributed by atoms with van der Waals surface area (Å²) in [5.41, 5.74) is -0.925. The third kappa shape index (κ3) is 2.64. The first-order valence-electron chi connectivity index (χ1n) is 5.14. The first-order valence-corrected chi connectivity index (χ1v) is 5.14. The molecule has 2 N–H and O–H groups in total. The van der Waals surface area contributed by atoms with Crippen molar-refractivity contribution in [2.24, 2.45) is 0 Å². The second-order valence-corrected chi connectivity index (χ2v) is 4.89. The Bertz CT molecular complexity index is 356. The second kappa shape index (κ2) is 4.20. The lowest BCUT2D eigenvalue weighted by Crippen LogP contribution is -2.53. The van der Waals surface area contributed by atoms with Gasteiger partial charge in [-0.2, -0.15) is 0 Å². The molecule has 0 saturated carbocycles. The van der Waals surface area contributed by atoms with E-state index < -0.39 is 18.3 Å². The van der Waals surface area contributed by atoms with Crippen molar-refractivity contribution < 1.29 is 19.3 Å². The number of aromatic nitrogens is 1. The number of hydrogen-bond donors (Lipinski definition) is 2. The van der Waals surface area contributed by atoms with Crippen LogP contribution in [0.4, 0.5) is 0 Å². The SMILES string of the molecule is Cc1nocc1B(O)OC(C)(C)C(C)(C)O. The molecule has 6 heteroatoms. The molecular weight excluding hydrogens is 209 g/mol. The fraction of sp³-hybridized carbons (Fsp3) is 0.700. The summed E-state index contributed by atoms with van der Waals surface area (Å²) < 4.78 is 10.1. The first-order chi connectivity index (χ1) is 7.15. The van der Waals surface area contributed by atoms with Gasteiger partial charge in [-0.3, -0.25) is 0 Å². The molecule has 1 rings (SSSR count). The smallest absolute Gasteiger partial charge is 0.423 e. The molecule has 0 aromatic carbocycles. The Morgan fingerprint density at radius 3 is 2.31 bits per heavy atom. The minimum atomic E-state index is -1.16. The van der Waals surface area contributed by atoms with E-state index in [1.54, 1.807) is 34.6 Å². The standard InChI is InChI=1S/C10H18BNO4/c1-7-8(6-15-12-7)11(14)16-10(4,5)9(2,3)13/h6,13-14H,1-5H3. The van der Waals surface area contributed by atoms with Gasteiger partial charge in [-0.1, -0.05) is 5.16 Å². The molecule has 0 aliphatic heterocycles. The summed E-state index contributed by atoms with van der Waals surface area (Å²) in [4.78, 5) is 0. The number of rotatable bonds is 4. The average molecular weight is 227 g/mol. The van der Waals surface area contributed by atoms with Gasteiger partial charge >= 0.3 is 7.12 Å². The van der Waals surface area contributed by atoms with Gasteiger partial charge in [0.2, 0.25) is 0 Å². The van der Waals surface area contributed by atoms with E-state index in [0.29, 0.717) is 11.2 Å². The Morgan fingerprint density at radius 2 is 1.94 bits per heavy atom. The lowest BCUT2D eigenvalue weighted by atomic mass is 9.77. The molecule has 0 fully saturated rings. The monoisotopic (exact) mass is 227 g/mol. The van der Waals surface area contributed by atoms with Gasteiger partial charge < -0.3 is 19.3 Å². The van der Waals surface area contributed by atoms with E-state index in [-0.39, 0.29) is 0 Å². The van der Waals surface area contributed by atoms with Gasteiger partial charge in [-0.15, -0.1) is 0 Å². The van der Waals surface area contributed by atoms with Gasteiger partial charge in [0.15, 0.2) is 0 Å². The normalized spacial score (nSPS) is 12.9. The van der Waals surface area contributed by atoms with Crippen molar-refractivity contribution >= 4 is 12.6 Å². The maximum Gasteiger partial charge on any atom is 0.496 e. The van der Waals surface area contributed by atoms with Gasteiger partial charge in [-0.05, 0) is 34.6 Å². The summed E-state index contributed by atoms with van der Waals surface area (Å²) >= 11 is 0. The van der Waals surface area contributed by atoms with E-state index in [0.717, 1.165) is 0 Å². The molecule has 1 aromatic heterocycles. The molecule has 0 aliphatic carbocycles. The first kappa shape index (κ1) is 13.2. The lowest BCUT2D eigenvalue weighted by molar-refractivity contribution is -0.0982. The maximum absolute atomic E-state index is 9.89. The summed E-state index contributed by atoms with van der Waals surface area (Å²) in [5.74, 6) is 0. The van der Waals surface area contributed by atoms with E-state index in [4.69, 9.17) is 9.18 Å². The van der Waals surface area contributed by atoms with Crippen LogP contribution in [-0.4, -0.2) is 33.6 Å². The molecule has 1 heterocycles. The van der Waals surface area contributed by atoms with Crippen LogP contribution in [0, 0.1) is 6.92 Å². The maximum atomic E-state index is 9.89. The van der Waals surface area contributed by atoms with Crippen LogP contribution < -0.4 is 5.46 Å². The zero-order valence-corrected chi connectivity index (χ0v) is 10.3. The molecule has 90 valence electrons. The van der Waals surface area contributed by atoms with Crippen LogP contribution in [0.25, 0.3) is 0 Å². The average Bonchev–Trinajstić information content (AvgIpc) is 2.48. The Kier molecular flexibility index (Phi) is 3.47. The molecule has 0 amide bonds. The quantitative estimate of drug-likeness (QED) is 0.720. The van der Waals surface area contributed by atoms with Crippen LogP contribution in [0.3, 0.4) is 0 Å². The van der Waals surface area contributed by atoms with Crippen LogP contribution in [-0.2, 0) is 4.65 Å². The Labute approximate surface area is 95.5 Å². The molecule has 0 radical (unpaired) electrons. The molecule has 0 saturated heterocycles. The van der Waals surface area contributed by atoms with Crippen molar-refractivity contribution in [3.8, 4) is 0 Å². The Morgan fingerprint density at radius 1 is 1.38 bits per heavy atom. The van der Waals surface area contributed by atoms with Crippen molar-refractivity contribution in [1.29, 1.82) is 0 Å². The highest BCUT2D eigenvalue weighted by molar-refractivity contribution is 6.60. The molecule has 1 aromatic rings. The zero-order chi connectivity index (χ0) is 12.6. The predicted octanol–water partition coefficient (Wildman–Crippen LogP) is 0.237. The van der Waals surface area contributed by atoms with Gasteiger partial charge in [0.05, 0.1) is 16.9 Å². The molecule has 0 bridgehead atoms. The minimum Gasteiger partial charge on any atom is -0.423 e. The number of nitrogens with zero attached hydrogens (tertiary/aromatic N) is 1. The van der Waals surface area contributed by atoms with Crippen molar-refractivity contribution in [2.45, 2.75) is 45.8 Å². The summed E-state index contributed by atoms with van der Waals surface area (Å²) in [6.07, 6.45) is 1.33. The molecule has 0 aliphatic rings. The van der Waals surface area contributed by atoms with Crippen LogP contribution in [0.1, 0.15) is 33.4 Å². The summed E-state index contributed by atoms with van der Waals surface area (Å²) in [6, 6.07) is 0. The summed E-state index contributed by atoms with van der Waals surface area (Å²) in [5, 5.41) is 23.4. The van der Waals surface area contributed by atoms with Gasteiger partial charge in [0, 0.05) is 5.46 Å². The number of hydrogen-bond acceptors (Lipinski definition) is 5. The molecule has 16 heavy (non-hydrogen) atoms. The molecule has 0 spiro atoms. The topological polar surface area (TPSA) is 75.7 Å². The predicted molar refractivity (Wildman–Crippen MR) is 60.3 cm³/mol. The third-order valence-electron chi connectivity index (χ3n) is 2.93. The van der Waals surface area contributed by atoms with Crippen LogP contribution in [0.2, 0.25) is 0 Å². The van der Waals surface area contributed by atoms with E-state index in [1.807, 2.05) is 0 Å².